The molecule has 0 saturated heterocycles. The van der Waals surface area contributed by atoms with Gasteiger partial charge in [-0.3, -0.25) is 4.79 Å². The van der Waals surface area contributed by atoms with E-state index in [4.69, 9.17) is 5.73 Å². The fourth-order valence-electron chi connectivity index (χ4n) is 1.01. The van der Waals surface area contributed by atoms with Crippen LogP contribution in [0, 0.1) is 0 Å². The monoisotopic (exact) mass is 188 g/mol. The van der Waals surface area contributed by atoms with Crippen molar-refractivity contribution in [2.24, 2.45) is 5.73 Å². The van der Waals surface area contributed by atoms with Crippen LogP contribution in [0.25, 0.3) is 0 Å². The molecule has 0 aliphatic heterocycles. The second kappa shape index (κ2) is 7.97. The first-order valence-corrected chi connectivity index (χ1v) is 4.56. The first-order valence-electron chi connectivity index (χ1n) is 4.56. The van der Waals surface area contributed by atoms with E-state index in [1.807, 2.05) is 7.05 Å². The first kappa shape index (κ1) is 12.3. The molecule has 5 N–H and O–H groups in total. The SMILES string of the molecule is CNCCNC(=O)[C@H](CCN)NC. The Morgan fingerprint density at radius 1 is 1.38 bits per heavy atom. The summed E-state index contributed by atoms with van der Waals surface area (Å²) in [6.45, 7) is 1.95. The molecule has 1 amide bonds. The number of nitrogens with one attached hydrogen (secondary N) is 3. The van der Waals surface area contributed by atoms with Crippen LogP contribution in [-0.2, 0) is 4.79 Å². The first-order chi connectivity index (χ1) is 6.26. The summed E-state index contributed by atoms with van der Waals surface area (Å²) in [5.74, 6) is 0.0169. The average Bonchev–Trinajstić information content (AvgIpc) is 2.14. The van der Waals surface area contributed by atoms with Gasteiger partial charge in [0.25, 0.3) is 0 Å². The van der Waals surface area contributed by atoms with Gasteiger partial charge in [-0.25, -0.2) is 0 Å². The van der Waals surface area contributed by atoms with Crippen molar-refractivity contribution in [3.8, 4) is 0 Å². The highest BCUT2D eigenvalue weighted by Crippen LogP contribution is 1.88. The highest BCUT2D eigenvalue weighted by Gasteiger charge is 2.13. The topological polar surface area (TPSA) is 79.2 Å². The molecule has 0 spiro atoms. The summed E-state index contributed by atoms with van der Waals surface area (Å²) in [6.07, 6.45) is 0.669. The van der Waals surface area contributed by atoms with Crippen LogP contribution >= 0.6 is 0 Å². The molecule has 0 aliphatic carbocycles. The molecule has 13 heavy (non-hydrogen) atoms. The second-order valence-electron chi connectivity index (χ2n) is 2.81. The van der Waals surface area contributed by atoms with Gasteiger partial charge in [0.1, 0.15) is 0 Å². The average molecular weight is 188 g/mol. The zero-order valence-electron chi connectivity index (χ0n) is 8.39. The highest BCUT2D eigenvalue weighted by atomic mass is 16.2. The predicted molar refractivity (Wildman–Crippen MR) is 53.5 cm³/mol. The Bertz CT molecular complexity index is 140. The third kappa shape index (κ3) is 5.57. The van der Waals surface area contributed by atoms with Crippen LogP contribution < -0.4 is 21.7 Å². The van der Waals surface area contributed by atoms with E-state index in [1.54, 1.807) is 7.05 Å². The van der Waals surface area contributed by atoms with E-state index in [2.05, 4.69) is 16.0 Å². The molecule has 0 aromatic rings. The molecule has 0 fully saturated rings. The van der Waals surface area contributed by atoms with Gasteiger partial charge < -0.3 is 21.7 Å². The van der Waals surface area contributed by atoms with Crippen molar-refractivity contribution in [1.29, 1.82) is 0 Å². The molecule has 5 heteroatoms. The molecule has 0 heterocycles. The van der Waals surface area contributed by atoms with Crippen molar-refractivity contribution >= 4 is 5.91 Å². The molecule has 0 aromatic carbocycles. The Labute approximate surface area is 79.4 Å². The molecule has 1 atom stereocenters. The molecular formula is C8H20N4O. The number of hydrogen-bond donors (Lipinski definition) is 4. The number of carbonyl (C=O) groups is 1. The molecule has 0 saturated carbocycles. The van der Waals surface area contributed by atoms with E-state index < -0.39 is 0 Å². The Kier molecular flexibility index (Phi) is 7.57. The quantitative estimate of drug-likeness (QED) is 0.358. The third-order valence-electron chi connectivity index (χ3n) is 1.79. The highest BCUT2D eigenvalue weighted by molar-refractivity contribution is 5.81. The molecule has 78 valence electrons. The minimum absolute atomic E-state index is 0.0169. The number of likely N-dealkylation sites (N-methyl/N-ethyl adjacent to an activating group) is 2. The van der Waals surface area contributed by atoms with Crippen molar-refractivity contribution in [2.45, 2.75) is 12.5 Å². The van der Waals surface area contributed by atoms with Crippen molar-refractivity contribution < 1.29 is 4.79 Å². The Morgan fingerprint density at radius 3 is 2.54 bits per heavy atom. The van der Waals surface area contributed by atoms with Gasteiger partial charge in [0, 0.05) is 13.1 Å². The van der Waals surface area contributed by atoms with Gasteiger partial charge in [-0.15, -0.1) is 0 Å². The van der Waals surface area contributed by atoms with Gasteiger partial charge in [0.15, 0.2) is 0 Å². The van der Waals surface area contributed by atoms with Gasteiger partial charge in [0.2, 0.25) is 5.91 Å². The number of hydrogen-bond acceptors (Lipinski definition) is 4. The van der Waals surface area contributed by atoms with Crippen molar-refractivity contribution in [3.05, 3.63) is 0 Å². The van der Waals surface area contributed by atoms with E-state index in [0.717, 1.165) is 6.54 Å². The van der Waals surface area contributed by atoms with Crippen LogP contribution in [0.15, 0.2) is 0 Å². The van der Waals surface area contributed by atoms with Crippen LogP contribution in [0.5, 0.6) is 0 Å². The smallest absolute Gasteiger partial charge is 0.237 e. The Hall–Kier alpha value is -0.650. The molecule has 0 rings (SSSR count). The van der Waals surface area contributed by atoms with Crippen LogP contribution in [0.2, 0.25) is 0 Å². The van der Waals surface area contributed by atoms with Gasteiger partial charge in [-0.2, -0.15) is 0 Å². The summed E-state index contributed by atoms with van der Waals surface area (Å²) in [5.41, 5.74) is 5.37. The molecule has 0 aliphatic rings. The minimum atomic E-state index is -0.165. The number of rotatable bonds is 7. The maximum absolute atomic E-state index is 11.4. The van der Waals surface area contributed by atoms with E-state index in [1.165, 1.54) is 0 Å². The van der Waals surface area contributed by atoms with E-state index >= 15 is 0 Å². The lowest BCUT2D eigenvalue weighted by molar-refractivity contribution is -0.123. The van der Waals surface area contributed by atoms with Gasteiger partial charge in [-0.05, 0) is 27.1 Å². The Morgan fingerprint density at radius 2 is 2.08 bits per heavy atom. The van der Waals surface area contributed by atoms with Crippen molar-refractivity contribution in [1.82, 2.24) is 16.0 Å². The standard InChI is InChI=1S/C8H20N4O/c1-10-5-6-12-8(13)7(11-2)3-4-9/h7,10-11H,3-6,9H2,1-2H3,(H,12,13)/t7-/m0/s1. The van der Waals surface area contributed by atoms with Gasteiger partial charge >= 0.3 is 0 Å². The second-order valence-corrected chi connectivity index (χ2v) is 2.81. The number of amides is 1. The lowest BCUT2D eigenvalue weighted by atomic mass is 10.2. The largest absolute Gasteiger partial charge is 0.353 e. The zero-order valence-corrected chi connectivity index (χ0v) is 8.39. The summed E-state index contributed by atoms with van der Waals surface area (Å²) in [5, 5.41) is 8.67. The minimum Gasteiger partial charge on any atom is -0.353 e. The fraction of sp³-hybridized carbons (Fsp3) is 0.875. The fourth-order valence-corrected chi connectivity index (χ4v) is 1.01. The summed E-state index contributed by atoms with van der Waals surface area (Å²) >= 11 is 0. The summed E-state index contributed by atoms with van der Waals surface area (Å²) in [6, 6.07) is -0.165. The number of carbonyl (C=O) groups excluding carboxylic acids is 1. The molecule has 0 radical (unpaired) electrons. The van der Waals surface area contributed by atoms with E-state index in [0.29, 0.717) is 19.5 Å². The molecule has 0 unspecified atom stereocenters. The molecule has 5 nitrogen and oxygen atoms in total. The van der Waals surface area contributed by atoms with Crippen LogP contribution in [0.4, 0.5) is 0 Å². The molecular weight excluding hydrogens is 168 g/mol. The zero-order chi connectivity index (χ0) is 10.1. The predicted octanol–water partition coefficient (Wildman–Crippen LogP) is -1.74. The summed E-state index contributed by atoms with van der Waals surface area (Å²) < 4.78 is 0. The summed E-state index contributed by atoms with van der Waals surface area (Å²) in [7, 11) is 3.61. The number of nitrogens with two attached hydrogens (primary N) is 1. The lowest BCUT2D eigenvalue weighted by Gasteiger charge is -2.14. The van der Waals surface area contributed by atoms with Gasteiger partial charge in [0.05, 0.1) is 6.04 Å². The maximum Gasteiger partial charge on any atom is 0.237 e. The van der Waals surface area contributed by atoms with Crippen LogP contribution in [-0.4, -0.2) is 45.7 Å². The normalized spacial score (nSPS) is 12.5. The van der Waals surface area contributed by atoms with Crippen molar-refractivity contribution in [2.75, 3.05) is 33.7 Å². The van der Waals surface area contributed by atoms with E-state index in [9.17, 15) is 4.79 Å². The maximum atomic E-state index is 11.4. The van der Waals surface area contributed by atoms with Gasteiger partial charge in [-0.1, -0.05) is 0 Å². The Balaban J connectivity index is 3.64. The van der Waals surface area contributed by atoms with Crippen LogP contribution in [0.1, 0.15) is 6.42 Å². The van der Waals surface area contributed by atoms with Crippen molar-refractivity contribution in [3.63, 3.8) is 0 Å². The molecule has 0 aromatic heterocycles. The van der Waals surface area contributed by atoms with E-state index in [-0.39, 0.29) is 11.9 Å². The molecule has 0 bridgehead atoms. The summed E-state index contributed by atoms with van der Waals surface area (Å²) in [4.78, 5) is 11.4. The lowest BCUT2D eigenvalue weighted by Crippen LogP contribution is -2.45. The third-order valence-corrected chi connectivity index (χ3v) is 1.79. The van der Waals surface area contributed by atoms with Crippen LogP contribution in [0.3, 0.4) is 0 Å².